The van der Waals surface area contributed by atoms with Crippen LogP contribution in [0.1, 0.15) is 52.9 Å². The first-order chi connectivity index (χ1) is 8.07. The number of rotatable bonds is 8. The van der Waals surface area contributed by atoms with E-state index in [1.54, 1.807) is 0 Å². The molecule has 0 saturated carbocycles. The fourth-order valence-electron chi connectivity index (χ4n) is 2.58. The van der Waals surface area contributed by atoms with Crippen LogP contribution in [0.2, 0.25) is 0 Å². The summed E-state index contributed by atoms with van der Waals surface area (Å²) in [4.78, 5) is 0. The molecule has 1 heterocycles. The molecule has 0 aromatic carbocycles. The molecule has 0 amide bonds. The van der Waals surface area contributed by atoms with E-state index in [4.69, 9.17) is 16.3 Å². The van der Waals surface area contributed by atoms with Crippen LogP contribution in [0.3, 0.4) is 0 Å². The molecule has 0 radical (unpaired) electrons. The van der Waals surface area contributed by atoms with Crippen molar-refractivity contribution in [3.8, 4) is 0 Å². The summed E-state index contributed by atoms with van der Waals surface area (Å²) in [5.41, 5.74) is 0.0886. The Bertz CT molecular complexity index is 200. The van der Waals surface area contributed by atoms with Gasteiger partial charge in [0, 0.05) is 12.4 Å². The van der Waals surface area contributed by atoms with Gasteiger partial charge in [-0.05, 0) is 52.0 Å². The summed E-state index contributed by atoms with van der Waals surface area (Å²) in [5.74, 6) is 1.51. The Morgan fingerprint density at radius 2 is 2.18 bits per heavy atom. The number of ether oxygens (including phenoxy) is 1. The zero-order valence-electron chi connectivity index (χ0n) is 11.6. The molecule has 0 aromatic rings. The van der Waals surface area contributed by atoms with Gasteiger partial charge in [0.15, 0.2) is 0 Å². The van der Waals surface area contributed by atoms with E-state index in [-0.39, 0.29) is 5.60 Å². The Morgan fingerprint density at radius 1 is 1.41 bits per heavy atom. The molecule has 1 fully saturated rings. The summed E-state index contributed by atoms with van der Waals surface area (Å²) >= 11 is 5.82. The molecule has 1 rings (SSSR count). The molecule has 1 N–H and O–H groups in total. The molecule has 2 atom stereocenters. The van der Waals surface area contributed by atoms with Gasteiger partial charge in [0.2, 0.25) is 0 Å². The van der Waals surface area contributed by atoms with Crippen molar-refractivity contribution in [2.75, 3.05) is 19.0 Å². The lowest BCUT2D eigenvalue weighted by molar-refractivity contribution is -0.0144. The van der Waals surface area contributed by atoms with Crippen LogP contribution in [-0.2, 0) is 4.74 Å². The monoisotopic (exact) mass is 261 g/mol. The molecule has 2 unspecified atom stereocenters. The van der Waals surface area contributed by atoms with E-state index in [0.29, 0.717) is 6.10 Å². The average Bonchev–Trinajstić information content (AvgIpc) is 2.59. The van der Waals surface area contributed by atoms with Crippen molar-refractivity contribution < 1.29 is 4.74 Å². The van der Waals surface area contributed by atoms with E-state index in [0.717, 1.165) is 31.3 Å². The third-order valence-corrected chi connectivity index (χ3v) is 3.79. The molecule has 0 bridgehead atoms. The van der Waals surface area contributed by atoms with Crippen LogP contribution in [0.25, 0.3) is 0 Å². The van der Waals surface area contributed by atoms with Crippen LogP contribution < -0.4 is 5.32 Å². The average molecular weight is 262 g/mol. The van der Waals surface area contributed by atoms with Gasteiger partial charge in [0.1, 0.15) is 0 Å². The highest BCUT2D eigenvalue weighted by Gasteiger charge is 2.31. The largest absolute Gasteiger partial charge is 0.371 e. The minimum Gasteiger partial charge on any atom is -0.371 e. The maximum atomic E-state index is 5.96. The molecular formula is C14H28ClNO. The van der Waals surface area contributed by atoms with Gasteiger partial charge in [0.05, 0.1) is 11.7 Å². The third-order valence-electron chi connectivity index (χ3n) is 3.57. The van der Waals surface area contributed by atoms with Crippen molar-refractivity contribution in [2.45, 2.75) is 64.6 Å². The van der Waals surface area contributed by atoms with Crippen molar-refractivity contribution in [2.24, 2.45) is 5.92 Å². The second-order valence-corrected chi connectivity index (χ2v) is 6.21. The van der Waals surface area contributed by atoms with E-state index in [2.05, 4.69) is 26.1 Å². The Labute approximate surface area is 111 Å². The predicted molar refractivity (Wildman–Crippen MR) is 74.8 cm³/mol. The van der Waals surface area contributed by atoms with Crippen molar-refractivity contribution in [1.82, 2.24) is 5.32 Å². The minimum absolute atomic E-state index is 0.0886. The fraction of sp³-hybridized carbons (Fsp3) is 1.00. The van der Waals surface area contributed by atoms with Gasteiger partial charge in [-0.25, -0.2) is 0 Å². The maximum absolute atomic E-state index is 5.96. The highest BCUT2D eigenvalue weighted by atomic mass is 35.5. The molecule has 2 nitrogen and oxygen atoms in total. The van der Waals surface area contributed by atoms with E-state index in [9.17, 15) is 0 Å². The van der Waals surface area contributed by atoms with Crippen molar-refractivity contribution >= 4 is 11.6 Å². The Balaban J connectivity index is 2.13. The number of alkyl halides is 1. The van der Waals surface area contributed by atoms with E-state index >= 15 is 0 Å². The predicted octanol–water partition coefficient (Wildman–Crippen LogP) is 3.58. The van der Waals surface area contributed by atoms with Crippen LogP contribution in [-0.4, -0.2) is 30.7 Å². The van der Waals surface area contributed by atoms with Crippen LogP contribution in [0.15, 0.2) is 0 Å². The minimum atomic E-state index is 0.0886. The summed E-state index contributed by atoms with van der Waals surface area (Å²) in [5, 5.41) is 3.55. The zero-order chi connectivity index (χ0) is 12.7. The summed E-state index contributed by atoms with van der Waals surface area (Å²) < 4.78 is 5.96. The maximum Gasteiger partial charge on any atom is 0.0707 e. The van der Waals surface area contributed by atoms with Crippen LogP contribution in [0.5, 0.6) is 0 Å². The van der Waals surface area contributed by atoms with E-state index in [1.165, 1.54) is 25.7 Å². The first-order valence-electron chi connectivity index (χ1n) is 7.02. The Kier molecular flexibility index (Phi) is 6.83. The molecule has 0 spiro atoms. The SMILES string of the molecule is CCCC(CCCl)CNCC1CCC(C)(C)O1. The lowest BCUT2D eigenvalue weighted by Gasteiger charge is -2.21. The first kappa shape index (κ1) is 15.3. The highest BCUT2D eigenvalue weighted by molar-refractivity contribution is 6.17. The van der Waals surface area contributed by atoms with Crippen LogP contribution in [0.4, 0.5) is 0 Å². The Morgan fingerprint density at radius 3 is 2.71 bits per heavy atom. The molecule has 0 aliphatic carbocycles. The molecule has 17 heavy (non-hydrogen) atoms. The standard InChI is InChI=1S/C14H28ClNO/c1-4-5-12(7-9-15)10-16-11-13-6-8-14(2,3)17-13/h12-13,16H,4-11H2,1-3H3. The van der Waals surface area contributed by atoms with Crippen molar-refractivity contribution in [3.63, 3.8) is 0 Å². The number of nitrogens with one attached hydrogen (secondary N) is 1. The molecule has 102 valence electrons. The normalized spacial score (nSPS) is 25.1. The second kappa shape index (κ2) is 7.60. The molecule has 0 aromatic heterocycles. The molecular weight excluding hydrogens is 234 g/mol. The Hall–Kier alpha value is 0.210. The topological polar surface area (TPSA) is 21.3 Å². The second-order valence-electron chi connectivity index (χ2n) is 5.83. The quantitative estimate of drug-likeness (QED) is 0.675. The molecule has 1 aliphatic heterocycles. The van der Waals surface area contributed by atoms with E-state index < -0.39 is 0 Å². The summed E-state index contributed by atoms with van der Waals surface area (Å²) in [6.45, 7) is 8.68. The number of hydrogen-bond acceptors (Lipinski definition) is 2. The molecule has 1 aliphatic rings. The van der Waals surface area contributed by atoms with Gasteiger partial charge in [-0.2, -0.15) is 0 Å². The van der Waals surface area contributed by atoms with Gasteiger partial charge >= 0.3 is 0 Å². The number of hydrogen-bond donors (Lipinski definition) is 1. The first-order valence-corrected chi connectivity index (χ1v) is 7.55. The molecule has 1 saturated heterocycles. The van der Waals surface area contributed by atoms with Crippen LogP contribution >= 0.6 is 11.6 Å². The lowest BCUT2D eigenvalue weighted by Crippen LogP contribution is -2.32. The van der Waals surface area contributed by atoms with Gasteiger partial charge in [-0.1, -0.05) is 13.3 Å². The highest BCUT2D eigenvalue weighted by Crippen LogP contribution is 2.28. The van der Waals surface area contributed by atoms with E-state index in [1.807, 2.05) is 0 Å². The summed E-state index contributed by atoms with van der Waals surface area (Å²) in [7, 11) is 0. The molecule has 3 heteroatoms. The lowest BCUT2D eigenvalue weighted by atomic mass is 10.0. The van der Waals surface area contributed by atoms with Crippen molar-refractivity contribution in [1.29, 1.82) is 0 Å². The zero-order valence-corrected chi connectivity index (χ0v) is 12.4. The van der Waals surface area contributed by atoms with Crippen LogP contribution in [0, 0.1) is 5.92 Å². The van der Waals surface area contributed by atoms with Gasteiger partial charge in [-0.15, -0.1) is 11.6 Å². The summed E-state index contributed by atoms with van der Waals surface area (Å²) in [6, 6.07) is 0. The van der Waals surface area contributed by atoms with Gasteiger partial charge < -0.3 is 10.1 Å². The van der Waals surface area contributed by atoms with Crippen molar-refractivity contribution in [3.05, 3.63) is 0 Å². The van der Waals surface area contributed by atoms with Gasteiger partial charge in [-0.3, -0.25) is 0 Å². The number of halogens is 1. The fourth-order valence-corrected chi connectivity index (χ4v) is 2.89. The van der Waals surface area contributed by atoms with Gasteiger partial charge in [0.25, 0.3) is 0 Å². The summed E-state index contributed by atoms with van der Waals surface area (Å²) in [6.07, 6.45) is 6.42. The smallest absolute Gasteiger partial charge is 0.0707 e. The third kappa shape index (κ3) is 6.08.